The molecule has 1 aliphatic carbocycles. The Morgan fingerprint density at radius 3 is 2.32 bits per heavy atom. The zero-order valence-corrected chi connectivity index (χ0v) is 14.7. The van der Waals surface area contributed by atoms with Gasteiger partial charge in [0.05, 0.1) is 0 Å². The fourth-order valence-corrected chi connectivity index (χ4v) is 3.91. The monoisotopic (exact) mass is 324 g/mol. The molecule has 0 bridgehead atoms. The molecule has 0 heterocycles. The molecule has 1 saturated carbocycles. The summed E-state index contributed by atoms with van der Waals surface area (Å²) >= 11 is 5.80. The highest BCUT2D eigenvalue weighted by atomic mass is 35.5. The number of hydrogen-bond acceptors (Lipinski definition) is 0. The van der Waals surface area contributed by atoms with Gasteiger partial charge in [-0.05, 0) is 42.4 Å². The van der Waals surface area contributed by atoms with Crippen LogP contribution in [0.15, 0.2) is 18.2 Å². The van der Waals surface area contributed by atoms with E-state index in [1.807, 2.05) is 6.07 Å². The second kappa shape index (κ2) is 9.55. The van der Waals surface area contributed by atoms with Gasteiger partial charge in [-0.2, -0.15) is 0 Å². The molecule has 124 valence electrons. The normalized spacial score (nSPS) is 22.0. The number of benzene rings is 1. The molecule has 0 saturated heterocycles. The molecule has 22 heavy (non-hydrogen) atoms. The first-order valence-electron chi connectivity index (χ1n) is 9.13. The number of aryl methyl sites for hydroxylation is 1. The summed E-state index contributed by atoms with van der Waals surface area (Å²) in [5.41, 5.74) is 0.825. The molecule has 2 heteroatoms. The zero-order valence-electron chi connectivity index (χ0n) is 13.9. The van der Waals surface area contributed by atoms with Gasteiger partial charge in [0.2, 0.25) is 0 Å². The first kappa shape index (κ1) is 17.8. The summed E-state index contributed by atoms with van der Waals surface area (Å²) in [4.78, 5) is 0. The highest BCUT2D eigenvalue weighted by Gasteiger charge is 2.21. The van der Waals surface area contributed by atoms with E-state index in [2.05, 4.69) is 6.92 Å². The standard InChI is InChI=1S/C20H30ClF/c1-2-3-4-5-6-16-7-9-17(10-8-16)11-12-18-13-14-19(21)15-20(18)22/h13-17H,2-12H2,1H3. The molecule has 1 aliphatic rings. The van der Waals surface area contributed by atoms with Crippen LogP contribution < -0.4 is 0 Å². The van der Waals surface area contributed by atoms with Gasteiger partial charge in [0.15, 0.2) is 0 Å². The summed E-state index contributed by atoms with van der Waals surface area (Å²) in [5, 5.41) is 0.491. The van der Waals surface area contributed by atoms with E-state index in [1.54, 1.807) is 6.07 Å². The fourth-order valence-electron chi connectivity index (χ4n) is 3.75. The molecule has 0 nitrogen and oxygen atoms in total. The van der Waals surface area contributed by atoms with Crippen molar-refractivity contribution in [1.29, 1.82) is 0 Å². The molecule has 0 atom stereocenters. The van der Waals surface area contributed by atoms with Crippen LogP contribution in [-0.2, 0) is 6.42 Å². The molecule has 0 amide bonds. The second-order valence-corrected chi connectivity index (χ2v) is 7.45. The Kier molecular flexibility index (Phi) is 7.72. The molecule has 1 aromatic rings. The van der Waals surface area contributed by atoms with Gasteiger partial charge in [0.1, 0.15) is 5.82 Å². The highest BCUT2D eigenvalue weighted by molar-refractivity contribution is 6.30. The zero-order chi connectivity index (χ0) is 15.8. The SMILES string of the molecule is CCCCCCC1CCC(CCc2ccc(Cl)cc2F)CC1. The van der Waals surface area contributed by atoms with Gasteiger partial charge in [0, 0.05) is 5.02 Å². The summed E-state index contributed by atoms with van der Waals surface area (Å²) in [5.74, 6) is 1.61. The smallest absolute Gasteiger partial charge is 0.127 e. The molecule has 0 aliphatic heterocycles. The summed E-state index contributed by atoms with van der Waals surface area (Å²) in [6, 6.07) is 5.08. The van der Waals surface area contributed by atoms with Crippen molar-refractivity contribution in [3.05, 3.63) is 34.6 Å². The van der Waals surface area contributed by atoms with E-state index in [-0.39, 0.29) is 5.82 Å². The van der Waals surface area contributed by atoms with Crippen molar-refractivity contribution < 1.29 is 4.39 Å². The lowest BCUT2D eigenvalue weighted by molar-refractivity contribution is 0.248. The Balaban J connectivity index is 1.65. The minimum absolute atomic E-state index is 0.142. The lowest BCUT2D eigenvalue weighted by atomic mass is 9.77. The summed E-state index contributed by atoms with van der Waals surface area (Å²) < 4.78 is 13.8. The van der Waals surface area contributed by atoms with Crippen molar-refractivity contribution in [2.24, 2.45) is 11.8 Å². The van der Waals surface area contributed by atoms with Crippen LogP contribution in [0, 0.1) is 17.7 Å². The fraction of sp³-hybridized carbons (Fsp3) is 0.700. The van der Waals surface area contributed by atoms with Gasteiger partial charge in [-0.25, -0.2) is 4.39 Å². The third-order valence-electron chi connectivity index (χ3n) is 5.27. The molecule has 1 fully saturated rings. The van der Waals surface area contributed by atoms with Gasteiger partial charge >= 0.3 is 0 Å². The second-order valence-electron chi connectivity index (χ2n) is 7.01. The average Bonchev–Trinajstić information content (AvgIpc) is 2.52. The first-order valence-corrected chi connectivity index (χ1v) is 9.50. The molecular formula is C20H30ClF. The van der Waals surface area contributed by atoms with Crippen LogP contribution in [0.3, 0.4) is 0 Å². The van der Waals surface area contributed by atoms with E-state index in [0.29, 0.717) is 5.02 Å². The van der Waals surface area contributed by atoms with Crippen molar-refractivity contribution in [1.82, 2.24) is 0 Å². The minimum Gasteiger partial charge on any atom is -0.207 e. The minimum atomic E-state index is -0.142. The van der Waals surface area contributed by atoms with Gasteiger partial charge in [-0.15, -0.1) is 0 Å². The lowest BCUT2D eigenvalue weighted by Crippen LogP contribution is -2.15. The summed E-state index contributed by atoms with van der Waals surface area (Å²) in [6.07, 6.45) is 14.4. The molecule has 2 rings (SSSR count). The Hall–Kier alpha value is -0.560. The van der Waals surface area contributed by atoms with E-state index < -0.39 is 0 Å². The Labute approximate surface area is 140 Å². The van der Waals surface area contributed by atoms with Crippen molar-refractivity contribution in [3.8, 4) is 0 Å². The Bertz CT molecular complexity index is 435. The van der Waals surface area contributed by atoms with Crippen LogP contribution in [-0.4, -0.2) is 0 Å². The molecular weight excluding hydrogens is 295 g/mol. The molecule has 0 radical (unpaired) electrons. The number of halogens is 2. The lowest BCUT2D eigenvalue weighted by Gasteiger charge is -2.28. The van der Waals surface area contributed by atoms with Crippen molar-refractivity contribution in [2.45, 2.75) is 77.6 Å². The maximum absolute atomic E-state index is 13.8. The van der Waals surface area contributed by atoms with Crippen molar-refractivity contribution in [2.75, 3.05) is 0 Å². The van der Waals surface area contributed by atoms with Gasteiger partial charge in [-0.1, -0.05) is 82.4 Å². The molecule has 0 N–H and O–H groups in total. The maximum atomic E-state index is 13.8. The average molecular weight is 325 g/mol. The largest absolute Gasteiger partial charge is 0.207 e. The van der Waals surface area contributed by atoms with Crippen LogP contribution >= 0.6 is 11.6 Å². The van der Waals surface area contributed by atoms with Crippen LogP contribution in [0.2, 0.25) is 5.02 Å². The molecule has 0 aromatic heterocycles. The Morgan fingerprint density at radius 2 is 1.68 bits per heavy atom. The summed E-state index contributed by atoms with van der Waals surface area (Å²) in [6.45, 7) is 2.27. The van der Waals surface area contributed by atoms with Crippen LogP contribution in [0.25, 0.3) is 0 Å². The quantitative estimate of drug-likeness (QED) is 0.444. The molecule has 0 unspecified atom stereocenters. The van der Waals surface area contributed by atoms with Crippen LogP contribution in [0.5, 0.6) is 0 Å². The predicted molar refractivity (Wildman–Crippen MR) is 93.9 cm³/mol. The van der Waals surface area contributed by atoms with Gasteiger partial charge < -0.3 is 0 Å². The van der Waals surface area contributed by atoms with E-state index in [0.717, 1.165) is 30.2 Å². The number of hydrogen-bond donors (Lipinski definition) is 0. The van der Waals surface area contributed by atoms with E-state index in [9.17, 15) is 4.39 Å². The van der Waals surface area contributed by atoms with Crippen molar-refractivity contribution in [3.63, 3.8) is 0 Å². The first-order chi connectivity index (χ1) is 10.7. The maximum Gasteiger partial charge on any atom is 0.127 e. The van der Waals surface area contributed by atoms with E-state index >= 15 is 0 Å². The third-order valence-corrected chi connectivity index (χ3v) is 5.50. The number of unbranched alkanes of at least 4 members (excludes halogenated alkanes) is 3. The predicted octanol–water partition coefficient (Wildman–Crippen LogP) is 7.19. The van der Waals surface area contributed by atoms with Gasteiger partial charge in [0.25, 0.3) is 0 Å². The highest BCUT2D eigenvalue weighted by Crippen LogP contribution is 2.34. The molecule has 0 spiro atoms. The van der Waals surface area contributed by atoms with Gasteiger partial charge in [-0.3, -0.25) is 0 Å². The van der Waals surface area contributed by atoms with E-state index in [4.69, 9.17) is 11.6 Å². The van der Waals surface area contributed by atoms with Crippen LogP contribution in [0.1, 0.15) is 76.7 Å². The van der Waals surface area contributed by atoms with E-state index in [1.165, 1.54) is 63.9 Å². The third kappa shape index (κ3) is 5.91. The summed E-state index contributed by atoms with van der Waals surface area (Å²) in [7, 11) is 0. The van der Waals surface area contributed by atoms with Crippen LogP contribution in [0.4, 0.5) is 4.39 Å². The Morgan fingerprint density at radius 1 is 1.00 bits per heavy atom. The number of rotatable bonds is 8. The molecule has 1 aromatic carbocycles. The van der Waals surface area contributed by atoms with Crippen molar-refractivity contribution >= 4 is 11.6 Å². The topological polar surface area (TPSA) is 0 Å².